The molecule has 2 N–H and O–H groups in total. The van der Waals surface area contributed by atoms with Crippen LogP contribution in [0.4, 0.5) is 4.79 Å². The van der Waals surface area contributed by atoms with Crippen molar-refractivity contribution in [3.63, 3.8) is 0 Å². The van der Waals surface area contributed by atoms with Gasteiger partial charge in [0.25, 0.3) is 5.56 Å². The third-order valence-corrected chi connectivity index (χ3v) is 5.48. The van der Waals surface area contributed by atoms with E-state index in [2.05, 4.69) is 9.97 Å². The van der Waals surface area contributed by atoms with Crippen molar-refractivity contribution in [3.8, 4) is 0 Å². The first-order valence-corrected chi connectivity index (χ1v) is 10.6. The van der Waals surface area contributed by atoms with E-state index < -0.39 is 5.60 Å². The van der Waals surface area contributed by atoms with Crippen molar-refractivity contribution in [1.82, 2.24) is 19.4 Å². The van der Waals surface area contributed by atoms with Crippen molar-refractivity contribution < 1.29 is 14.3 Å². The first kappa shape index (κ1) is 21.3. The lowest BCUT2D eigenvalue weighted by Gasteiger charge is -2.35. The largest absolute Gasteiger partial charge is 0.444 e. The Kier molecular flexibility index (Phi) is 5.72. The highest BCUT2D eigenvalue weighted by Crippen LogP contribution is 2.27. The monoisotopic (exact) mass is 442 g/mol. The van der Waals surface area contributed by atoms with Gasteiger partial charge in [-0.05, 0) is 50.2 Å². The molecule has 31 heavy (non-hydrogen) atoms. The Bertz CT molecular complexity index is 1220. The molecule has 1 aliphatic rings. The predicted molar refractivity (Wildman–Crippen MR) is 120 cm³/mol. The van der Waals surface area contributed by atoms with Gasteiger partial charge < -0.3 is 23.9 Å². The second-order valence-corrected chi connectivity index (χ2v) is 8.95. The zero-order valence-electron chi connectivity index (χ0n) is 17.8. The van der Waals surface area contributed by atoms with Crippen molar-refractivity contribution in [2.24, 2.45) is 0 Å². The van der Waals surface area contributed by atoms with Gasteiger partial charge in [0.2, 0.25) is 0 Å². The molecular formula is C22H26N4O4S. The normalized spacial score (nSPS) is 17.1. The number of fused-ring (bicyclic) bond motifs is 1. The van der Waals surface area contributed by atoms with E-state index >= 15 is 0 Å². The summed E-state index contributed by atoms with van der Waals surface area (Å²) < 4.78 is 13.8. The molecule has 3 heterocycles. The van der Waals surface area contributed by atoms with Gasteiger partial charge in [-0.15, -0.1) is 0 Å². The molecule has 0 aliphatic carbocycles. The molecule has 1 saturated heterocycles. The first-order chi connectivity index (χ1) is 14.7. The highest BCUT2D eigenvalue weighted by molar-refractivity contribution is 7.71. The van der Waals surface area contributed by atoms with Gasteiger partial charge in [0.1, 0.15) is 17.2 Å². The van der Waals surface area contributed by atoms with Crippen molar-refractivity contribution in [1.29, 1.82) is 0 Å². The lowest BCUT2D eigenvalue weighted by Crippen LogP contribution is -2.44. The molecule has 1 aliphatic heterocycles. The van der Waals surface area contributed by atoms with Gasteiger partial charge in [-0.3, -0.25) is 9.78 Å². The number of amides is 1. The maximum Gasteiger partial charge on any atom is 0.410 e. The summed E-state index contributed by atoms with van der Waals surface area (Å²) in [5.74, 6) is 0. The molecule has 2 aromatic heterocycles. The fourth-order valence-corrected chi connectivity index (χ4v) is 4.01. The molecule has 0 radical (unpaired) electrons. The van der Waals surface area contributed by atoms with Crippen LogP contribution in [0.3, 0.4) is 0 Å². The highest BCUT2D eigenvalue weighted by atomic mass is 32.1. The number of aromatic nitrogens is 3. The van der Waals surface area contributed by atoms with Crippen LogP contribution in [0.5, 0.6) is 0 Å². The Morgan fingerprint density at radius 3 is 2.84 bits per heavy atom. The average molecular weight is 443 g/mol. The van der Waals surface area contributed by atoms with Gasteiger partial charge in [0.05, 0.1) is 25.2 Å². The number of nitrogens with zero attached hydrogens (tertiary/aromatic N) is 2. The number of hydrogen-bond donors (Lipinski definition) is 2. The SMILES string of the molecule is CC(C)(C)OC(=O)N1CCOC(c2ccccc2Cn2c(=S)[nH]c(=O)c3[nH]ccc32)C1. The maximum absolute atomic E-state index is 12.6. The van der Waals surface area contributed by atoms with E-state index in [0.29, 0.717) is 36.5 Å². The number of hydrogen-bond acceptors (Lipinski definition) is 5. The van der Waals surface area contributed by atoms with Crippen molar-refractivity contribution >= 4 is 29.3 Å². The molecule has 3 aromatic rings. The fourth-order valence-electron chi connectivity index (χ4n) is 3.75. The van der Waals surface area contributed by atoms with Gasteiger partial charge in [-0.1, -0.05) is 24.3 Å². The number of H-pyrrole nitrogens is 2. The number of nitrogens with one attached hydrogen (secondary N) is 2. The summed E-state index contributed by atoms with van der Waals surface area (Å²) in [5, 5.41) is 0. The molecule has 0 spiro atoms. The fraction of sp³-hybridized carbons (Fsp3) is 0.409. The summed E-state index contributed by atoms with van der Waals surface area (Å²) in [6.07, 6.45) is 1.10. The van der Waals surface area contributed by atoms with Crippen LogP contribution in [0.25, 0.3) is 11.0 Å². The number of carbonyl (C=O) groups is 1. The second kappa shape index (κ2) is 8.32. The summed E-state index contributed by atoms with van der Waals surface area (Å²) >= 11 is 5.43. The predicted octanol–water partition coefficient (Wildman–Crippen LogP) is 3.74. The molecule has 164 valence electrons. The lowest BCUT2D eigenvalue weighted by molar-refractivity contribution is -0.0435. The summed E-state index contributed by atoms with van der Waals surface area (Å²) in [6.45, 7) is 7.35. The van der Waals surface area contributed by atoms with Gasteiger partial charge in [-0.25, -0.2) is 4.79 Å². The van der Waals surface area contributed by atoms with Gasteiger partial charge in [0.15, 0.2) is 4.77 Å². The smallest absolute Gasteiger partial charge is 0.410 e. The summed E-state index contributed by atoms with van der Waals surface area (Å²) in [7, 11) is 0. The van der Waals surface area contributed by atoms with E-state index in [4.69, 9.17) is 21.7 Å². The van der Waals surface area contributed by atoms with Gasteiger partial charge in [-0.2, -0.15) is 0 Å². The molecule has 1 amide bonds. The molecule has 9 heteroatoms. The van der Waals surface area contributed by atoms with E-state index in [1.165, 1.54) is 0 Å². The Morgan fingerprint density at radius 2 is 2.06 bits per heavy atom. The number of carbonyl (C=O) groups excluding carboxylic acids is 1. The van der Waals surface area contributed by atoms with Crippen molar-refractivity contribution in [2.75, 3.05) is 19.7 Å². The van der Waals surface area contributed by atoms with Crippen molar-refractivity contribution in [3.05, 3.63) is 62.8 Å². The Morgan fingerprint density at radius 1 is 1.29 bits per heavy atom. The van der Waals surface area contributed by atoms with Crippen LogP contribution in [0.15, 0.2) is 41.3 Å². The number of benzene rings is 1. The average Bonchev–Trinajstić information content (AvgIpc) is 3.21. The third kappa shape index (κ3) is 4.57. The van der Waals surface area contributed by atoms with Crippen LogP contribution in [-0.4, -0.2) is 50.8 Å². The molecule has 1 fully saturated rings. The molecule has 0 saturated carbocycles. The topological polar surface area (TPSA) is 92.3 Å². The Balaban J connectivity index is 1.63. The van der Waals surface area contributed by atoms with Crippen LogP contribution in [0, 0.1) is 4.77 Å². The van der Waals surface area contributed by atoms with Crippen LogP contribution in [0.2, 0.25) is 0 Å². The number of aromatic amines is 2. The minimum atomic E-state index is -0.550. The van der Waals surface area contributed by atoms with E-state index in [1.807, 2.05) is 55.7 Å². The van der Waals surface area contributed by atoms with Crippen LogP contribution in [-0.2, 0) is 16.0 Å². The number of rotatable bonds is 3. The second-order valence-electron chi connectivity index (χ2n) is 8.57. The quantitative estimate of drug-likeness (QED) is 0.603. The van der Waals surface area contributed by atoms with Gasteiger partial charge in [0, 0.05) is 12.7 Å². The minimum absolute atomic E-state index is 0.238. The lowest BCUT2D eigenvalue weighted by atomic mass is 10.0. The number of morpholine rings is 1. The van der Waals surface area contributed by atoms with Crippen LogP contribution >= 0.6 is 12.2 Å². The zero-order chi connectivity index (χ0) is 22.2. The first-order valence-electron chi connectivity index (χ1n) is 10.2. The highest BCUT2D eigenvalue weighted by Gasteiger charge is 2.30. The summed E-state index contributed by atoms with van der Waals surface area (Å²) in [6, 6.07) is 9.76. The molecule has 4 rings (SSSR count). The van der Waals surface area contributed by atoms with E-state index in [0.717, 1.165) is 16.6 Å². The molecule has 1 atom stereocenters. The molecular weight excluding hydrogens is 416 g/mol. The molecule has 8 nitrogen and oxygen atoms in total. The van der Waals surface area contributed by atoms with E-state index in [9.17, 15) is 9.59 Å². The van der Waals surface area contributed by atoms with Crippen molar-refractivity contribution in [2.45, 2.75) is 39.0 Å². The number of ether oxygens (including phenoxy) is 2. The van der Waals surface area contributed by atoms with E-state index in [-0.39, 0.29) is 17.8 Å². The van der Waals surface area contributed by atoms with Crippen LogP contribution < -0.4 is 5.56 Å². The molecule has 0 bridgehead atoms. The minimum Gasteiger partial charge on any atom is -0.444 e. The molecule has 1 unspecified atom stereocenters. The Labute approximate surface area is 184 Å². The third-order valence-electron chi connectivity index (χ3n) is 5.16. The van der Waals surface area contributed by atoms with Crippen LogP contribution in [0.1, 0.15) is 38.0 Å². The molecule has 1 aromatic carbocycles. The zero-order valence-corrected chi connectivity index (χ0v) is 18.6. The summed E-state index contributed by atoms with van der Waals surface area (Å²) in [5.41, 5.74) is 2.42. The maximum atomic E-state index is 12.6. The van der Waals surface area contributed by atoms with Gasteiger partial charge >= 0.3 is 6.09 Å². The standard InChI is InChI=1S/C22H26N4O4S/c1-22(2,3)30-21(28)25-10-11-29-17(13-25)15-7-5-4-6-14(15)12-26-16-8-9-23-18(16)19(27)24-20(26)31/h4-9,17,23H,10-13H2,1-3H3,(H,24,27,31). The van der Waals surface area contributed by atoms with E-state index in [1.54, 1.807) is 11.1 Å². The Hall–Kier alpha value is -2.91. The summed E-state index contributed by atoms with van der Waals surface area (Å²) in [4.78, 5) is 32.1.